The van der Waals surface area contributed by atoms with Gasteiger partial charge in [0, 0.05) is 12.8 Å². The van der Waals surface area contributed by atoms with Crippen LogP contribution in [0.2, 0.25) is 0 Å². The molecule has 0 bridgehead atoms. The number of amides is 1. The first kappa shape index (κ1) is 75.1. The van der Waals surface area contributed by atoms with Gasteiger partial charge in [0.2, 0.25) is 5.91 Å². The molecule has 1 amide bonds. The molecule has 0 aliphatic carbocycles. The summed E-state index contributed by atoms with van der Waals surface area (Å²) in [6, 6.07) is -0.625. The van der Waals surface area contributed by atoms with Crippen LogP contribution >= 0.6 is 0 Å². The average molecular weight is 1080 g/mol. The van der Waals surface area contributed by atoms with Crippen LogP contribution in [0.3, 0.4) is 0 Å². The van der Waals surface area contributed by atoms with Crippen LogP contribution in [0.25, 0.3) is 0 Å². The summed E-state index contributed by atoms with van der Waals surface area (Å²) in [5, 5.41) is 23.0. The van der Waals surface area contributed by atoms with Crippen molar-refractivity contribution in [3.05, 3.63) is 36.5 Å². The summed E-state index contributed by atoms with van der Waals surface area (Å²) in [4.78, 5) is 24.5. The largest absolute Gasteiger partial charge is 0.466 e. The maximum Gasteiger partial charge on any atom is 0.305 e. The first-order chi connectivity index (χ1) is 38.0. The maximum atomic E-state index is 12.4. The molecule has 6 heteroatoms. The number of hydrogen-bond donors (Lipinski definition) is 3. The minimum Gasteiger partial charge on any atom is -0.466 e. The third-order valence-corrected chi connectivity index (χ3v) is 16.2. The van der Waals surface area contributed by atoms with Gasteiger partial charge in [-0.2, -0.15) is 0 Å². The van der Waals surface area contributed by atoms with Gasteiger partial charge in [0.25, 0.3) is 0 Å². The van der Waals surface area contributed by atoms with Crippen molar-refractivity contribution in [3.63, 3.8) is 0 Å². The lowest BCUT2D eigenvalue weighted by Crippen LogP contribution is -2.45. The number of aliphatic hydroxyl groups excluding tert-OH is 2. The number of nitrogens with one attached hydrogen (secondary N) is 1. The zero-order valence-electron chi connectivity index (χ0n) is 52.0. The Morgan fingerprint density at radius 2 is 0.649 bits per heavy atom. The van der Waals surface area contributed by atoms with Gasteiger partial charge in [-0.25, -0.2) is 0 Å². The van der Waals surface area contributed by atoms with Gasteiger partial charge in [0.1, 0.15) is 0 Å². The van der Waals surface area contributed by atoms with E-state index in [0.717, 1.165) is 44.9 Å². The number of hydrogen-bond acceptors (Lipinski definition) is 5. The predicted octanol–water partition coefficient (Wildman–Crippen LogP) is 22.3. The average Bonchev–Trinajstić information content (AvgIpc) is 3.43. The predicted molar refractivity (Wildman–Crippen MR) is 338 cm³/mol. The van der Waals surface area contributed by atoms with Gasteiger partial charge in [-0.15, -0.1) is 0 Å². The minimum absolute atomic E-state index is 0.0181. The molecule has 0 fully saturated rings. The van der Waals surface area contributed by atoms with E-state index in [1.165, 1.54) is 308 Å². The van der Waals surface area contributed by atoms with Crippen LogP contribution in [0.1, 0.15) is 380 Å². The Morgan fingerprint density at radius 3 is 0.987 bits per heavy atom. The van der Waals surface area contributed by atoms with Crippen molar-refractivity contribution < 1.29 is 24.5 Å². The molecule has 3 N–H and O–H groups in total. The zero-order valence-corrected chi connectivity index (χ0v) is 52.0. The van der Waals surface area contributed by atoms with Crippen molar-refractivity contribution in [1.29, 1.82) is 0 Å². The van der Waals surface area contributed by atoms with Crippen LogP contribution in [0.4, 0.5) is 0 Å². The van der Waals surface area contributed by atoms with Gasteiger partial charge < -0.3 is 20.3 Å². The van der Waals surface area contributed by atoms with E-state index in [-0.39, 0.29) is 18.5 Å². The molecule has 0 aromatic carbocycles. The van der Waals surface area contributed by atoms with Gasteiger partial charge in [-0.1, -0.05) is 339 Å². The first-order valence-corrected chi connectivity index (χ1v) is 34.8. The lowest BCUT2D eigenvalue weighted by molar-refractivity contribution is -0.143. The lowest BCUT2D eigenvalue weighted by atomic mass is 10.0. The Bertz CT molecular complexity index is 1250. The Morgan fingerprint density at radius 1 is 0.364 bits per heavy atom. The van der Waals surface area contributed by atoms with E-state index in [1.807, 2.05) is 6.08 Å². The van der Waals surface area contributed by atoms with Gasteiger partial charge in [-0.3, -0.25) is 9.59 Å². The van der Waals surface area contributed by atoms with Crippen molar-refractivity contribution >= 4 is 11.9 Å². The van der Waals surface area contributed by atoms with Crippen LogP contribution in [0.5, 0.6) is 0 Å². The number of allylic oxidation sites excluding steroid dienone is 5. The van der Waals surface area contributed by atoms with Crippen LogP contribution in [-0.4, -0.2) is 47.4 Å². The Labute approximate surface area is 481 Å². The summed E-state index contributed by atoms with van der Waals surface area (Å²) in [5.74, 6) is -0.0488. The molecule has 0 aliphatic heterocycles. The van der Waals surface area contributed by atoms with E-state index >= 15 is 0 Å². The maximum absolute atomic E-state index is 12.4. The number of ether oxygens (including phenoxy) is 1. The Hall–Kier alpha value is -1.92. The summed E-state index contributed by atoms with van der Waals surface area (Å²) in [6.07, 6.45) is 85.2. The van der Waals surface area contributed by atoms with E-state index < -0.39 is 12.1 Å². The summed E-state index contributed by atoms with van der Waals surface area (Å²) in [7, 11) is 0. The van der Waals surface area contributed by atoms with Crippen molar-refractivity contribution in [2.24, 2.45) is 0 Å². The molecular weight excluding hydrogens is 947 g/mol. The molecule has 0 radical (unpaired) electrons. The number of unbranched alkanes of at least 4 members (excludes halogenated alkanes) is 50. The number of rotatable bonds is 65. The van der Waals surface area contributed by atoms with Crippen LogP contribution in [-0.2, 0) is 14.3 Å². The molecule has 0 aromatic heterocycles. The van der Waals surface area contributed by atoms with Crippen LogP contribution < -0.4 is 5.32 Å². The molecule has 2 unspecified atom stereocenters. The first-order valence-electron chi connectivity index (χ1n) is 34.8. The minimum atomic E-state index is -0.841. The molecule has 0 heterocycles. The summed E-state index contributed by atoms with van der Waals surface area (Å²) in [5.41, 5.74) is 0. The number of esters is 1. The molecule has 0 saturated heterocycles. The summed E-state index contributed by atoms with van der Waals surface area (Å²) in [6.45, 7) is 4.91. The number of carbonyl (C=O) groups is 2. The SMILES string of the molecule is CCCCCCCCCC/C=C/C(O)C(CO)NC(=O)CCCCCCCCCCCCCCCCCCC/C=C\C/C=C\CCCCCCCCCCCOC(=O)CCCCCCCCCCCCCCCCCCC. The fraction of sp³-hybridized carbons (Fsp3) is 0.887. The molecule has 77 heavy (non-hydrogen) atoms. The molecular formula is C71H135NO5. The van der Waals surface area contributed by atoms with Crippen LogP contribution in [0, 0.1) is 0 Å². The highest BCUT2D eigenvalue weighted by Gasteiger charge is 2.18. The quantitative estimate of drug-likeness (QED) is 0.0320. The molecule has 0 aromatic rings. The molecule has 0 spiro atoms. The van der Waals surface area contributed by atoms with Gasteiger partial charge in [0.05, 0.1) is 25.4 Å². The van der Waals surface area contributed by atoms with E-state index in [1.54, 1.807) is 6.08 Å². The van der Waals surface area contributed by atoms with E-state index in [9.17, 15) is 19.8 Å². The highest BCUT2D eigenvalue weighted by atomic mass is 16.5. The van der Waals surface area contributed by atoms with Crippen molar-refractivity contribution in [1.82, 2.24) is 5.32 Å². The smallest absolute Gasteiger partial charge is 0.305 e. The van der Waals surface area contributed by atoms with Crippen molar-refractivity contribution in [2.75, 3.05) is 13.2 Å². The third-order valence-electron chi connectivity index (χ3n) is 16.2. The standard InChI is InChI=1S/C71H135NO5/c1-3-5-7-9-11-13-15-16-17-35-39-42-45-49-53-57-61-65-71(76)77-66-62-58-54-50-46-43-40-37-34-32-30-28-26-24-22-20-18-19-21-23-25-27-29-31-33-36-38-41-44-48-52-56-60-64-70(75)72-68(67-73)69(74)63-59-55-51-47-14-12-10-8-6-4-2/h22,24,28,30,59,63,68-69,73-74H,3-21,23,25-27,29,31-58,60-62,64-67H2,1-2H3,(H,72,75)/b24-22-,30-28-,63-59+. The van der Waals surface area contributed by atoms with Gasteiger partial charge in [-0.05, 0) is 64.2 Å². The molecule has 0 rings (SSSR count). The van der Waals surface area contributed by atoms with Crippen LogP contribution in [0.15, 0.2) is 36.5 Å². The number of aliphatic hydroxyl groups is 2. The highest BCUT2D eigenvalue weighted by Crippen LogP contribution is 2.18. The third kappa shape index (κ3) is 63.1. The fourth-order valence-corrected chi connectivity index (χ4v) is 10.8. The molecule has 0 aliphatic rings. The Kier molecular flexibility index (Phi) is 64.9. The molecule has 454 valence electrons. The second kappa shape index (κ2) is 66.6. The normalized spacial score (nSPS) is 12.7. The van der Waals surface area contributed by atoms with Crippen molar-refractivity contribution in [2.45, 2.75) is 392 Å². The van der Waals surface area contributed by atoms with Gasteiger partial charge >= 0.3 is 5.97 Å². The van der Waals surface area contributed by atoms with Gasteiger partial charge in [0.15, 0.2) is 0 Å². The summed E-state index contributed by atoms with van der Waals surface area (Å²) >= 11 is 0. The second-order valence-electron chi connectivity index (χ2n) is 23.9. The highest BCUT2D eigenvalue weighted by molar-refractivity contribution is 5.76. The fourth-order valence-electron chi connectivity index (χ4n) is 10.8. The number of carbonyl (C=O) groups excluding carboxylic acids is 2. The molecule has 6 nitrogen and oxygen atoms in total. The van der Waals surface area contributed by atoms with E-state index in [0.29, 0.717) is 19.4 Å². The van der Waals surface area contributed by atoms with E-state index in [4.69, 9.17) is 4.74 Å². The Balaban J connectivity index is 3.35. The topological polar surface area (TPSA) is 95.9 Å². The molecule has 2 atom stereocenters. The molecule has 0 saturated carbocycles. The second-order valence-corrected chi connectivity index (χ2v) is 23.9. The monoisotopic (exact) mass is 1080 g/mol. The van der Waals surface area contributed by atoms with Crippen molar-refractivity contribution in [3.8, 4) is 0 Å². The lowest BCUT2D eigenvalue weighted by Gasteiger charge is -2.20. The van der Waals surface area contributed by atoms with E-state index in [2.05, 4.69) is 43.5 Å². The summed E-state index contributed by atoms with van der Waals surface area (Å²) < 4.78 is 5.50. The zero-order chi connectivity index (χ0) is 55.7.